The summed E-state index contributed by atoms with van der Waals surface area (Å²) < 4.78 is 10.4. The molecule has 4 heteroatoms. The number of rotatable bonds is 5. The van der Waals surface area contributed by atoms with E-state index in [4.69, 9.17) is 15.2 Å². The molecule has 4 nitrogen and oxygen atoms in total. The fraction of sp³-hybridized carbons (Fsp3) is 0.917. The van der Waals surface area contributed by atoms with Crippen molar-refractivity contribution in [2.45, 2.75) is 57.6 Å². The molecule has 1 aliphatic rings. The monoisotopic (exact) mass is 229 g/mol. The Bertz CT molecular complexity index is 222. The van der Waals surface area contributed by atoms with E-state index >= 15 is 0 Å². The van der Waals surface area contributed by atoms with E-state index in [0.29, 0.717) is 13.2 Å². The fourth-order valence-corrected chi connectivity index (χ4v) is 1.95. The number of hydrogen-bond acceptors (Lipinski definition) is 4. The van der Waals surface area contributed by atoms with Crippen LogP contribution in [0.25, 0.3) is 0 Å². The van der Waals surface area contributed by atoms with Crippen molar-refractivity contribution in [3.8, 4) is 0 Å². The third kappa shape index (κ3) is 4.10. The number of nitrogens with two attached hydrogens (primary N) is 1. The van der Waals surface area contributed by atoms with Crippen LogP contribution in [-0.4, -0.2) is 30.8 Å². The highest BCUT2D eigenvalue weighted by Gasteiger charge is 2.36. The SMILES string of the molecule is CC(C)OCCOC(=O)C1(N)CCCCC1. The number of hydrogen-bond donors (Lipinski definition) is 1. The molecule has 2 N–H and O–H groups in total. The predicted molar refractivity (Wildman–Crippen MR) is 62.1 cm³/mol. The third-order valence-corrected chi connectivity index (χ3v) is 2.92. The van der Waals surface area contributed by atoms with E-state index in [2.05, 4.69) is 0 Å². The van der Waals surface area contributed by atoms with Gasteiger partial charge in [-0.2, -0.15) is 0 Å². The van der Waals surface area contributed by atoms with E-state index in [-0.39, 0.29) is 12.1 Å². The van der Waals surface area contributed by atoms with Crippen molar-refractivity contribution in [1.82, 2.24) is 0 Å². The second kappa shape index (κ2) is 6.21. The van der Waals surface area contributed by atoms with Gasteiger partial charge in [0.15, 0.2) is 0 Å². The molecule has 0 spiro atoms. The Kier molecular flexibility index (Phi) is 5.22. The quantitative estimate of drug-likeness (QED) is 0.575. The molecule has 1 saturated carbocycles. The van der Waals surface area contributed by atoms with E-state index in [9.17, 15) is 4.79 Å². The van der Waals surface area contributed by atoms with Crippen molar-refractivity contribution in [2.24, 2.45) is 5.73 Å². The smallest absolute Gasteiger partial charge is 0.326 e. The van der Waals surface area contributed by atoms with Gasteiger partial charge in [0.25, 0.3) is 0 Å². The van der Waals surface area contributed by atoms with Crippen LogP contribution in [0.1, 0.15) is 46.0 Å². The highest BCUT2D eigenvalue weighted by Crippen LogP contribution is 2.26. The average Bonchev–Trinajstić information content (AvgIpc) is 2.25. The molecule has 0 aromatic rings. The molecule has 0 saturated heterocycles. The normalized spacial score (nSPS) is 19.8. The first-order chi connectivity index (χ1) is 7.54. The Labute approximate surface area is 97.5 Å². The number of carbonyl (C=O) groups is 1. The van der Waals surface area contributed by atoms with Crippen LogP contribution in [0.15, 0.2) is 0 Å². The molecular formula is C12H23NO3. The van der Waals surface area contributed by atoms with Crippen LogP contribution in [0, 0.1) is 0 Å². The second-order valence-electron chi connectivity index (χ2n) is 4.77. The molecule has 1 aliphatic carbocycles. The summed E-state index contributed by atoms with van der Waals surface area (Å²) in [5.41, 5.74) is 5.29. The van der Waals surface area contributed by atoms with E-state index in [0.717, 1.165) is 25.7 Å². The highest BCUT2D eigenvalue weighted by atomic mass is 16.6. The Balaban J connectivity index is 2.23. The van der Waals surface area contributed by atoms with E-state index in [1.54, 1.807) is 0 Å². The Hall–Kier alpha value is -0.610. The molecule has 94 valence electrons. The lowest BCUT2D eigenvalue weighted by Crippen LogP contribution is -2.50. The summed E-state index contributed by atoms with van der Waals surface area (Å²) in [6.45, 7) is 4.65. The Morgan fingerprint density at radius 1 is 1.25 bits per heavy atom. The van der Waals surface area contributed by atoms with Gasteiger partial charge < -0.3 is 15.2 Å². The topological polar surface area (TPSA) is 61.5 Å². The lowest BCUT2D eigenvalue weighted by molar-refractivity contribution is -0.153. The van der Waals surface area contributed by atoms with E-state index < -0.39 is 5.54 Å². The van der Waals surface area contributed by atoms with Crippen LogP contribution in [0.2, 0.25) is 0 Å². The van der Waals surface area contributed by atoms with Crippen molar-refractivity contribution in [2.75, 3.05) is 13.2 Å². The molecule has 0 unspecified atom stereocenters. The molecule has 0 radical (unpaired) electrons. The maximum absolute atomic E-state index is 11.8. The maximum atomic E-state index is 11.8. The molecule has 0 heterocycles. The minimum Gasteiger partial charge on any atom is -0.462 e. The van der Waals surface area contributed by atoms with Crippen molar-refractivity contribution < 1.29 is 14.3 Å². The van der Waals surface area contributed by atoms with Crippen LogP contribution in [0.5, 0.6) is 0 Å². The molecule has 1 fully saturated rings. The highest BCUT2D eigenvalue weighted by molar-refractivity contribution is 5.80. The van der Waals surface area contributed by atoms with Crippen LogP contribution >= 0.6 is 0 Å². The van der Waals surface area contributed by atoms with Gasteiger partial charge in [-0.1, -0.05) is 19.3 Å². The summed E-state index contributed by atoms with van der Waals surface area (Å²) in [5.74, 6) is -0.264. The summed E-state index contributed by atoms with van der Waals surface area (Å²) in [6.07, 6.45) is 4.87. The third-order valence-electron chi connectivity index (χ3n) is 2.92. The molecular weight excluding hydrogens is 206 g/mol. The lowest BCUT2D eigenvalue weighted by atomic mass is 9.83. The van der Waals surface area contributed by atoms with Crippen molar-refractivity contribution in [3.05, 3.63) is 0 Å². The van der Waals surface area contributed by atoms with Crippen LogP contribution in [0.3, 0.4) is 0 Å². The molecule has 0 amide bonds. The number of carbonyl (C=O) groups excluding carboxylic acids is 1. The molecule has 0 atom stereocenters. The minimum atomic E-state index is -0.740. The summed E-state index contributed by atoms with van der Waals surface area (Å²) >= 11 is 0. The van der Waals surface area contributed by atoms with Gasteiger partial charge in [-0.05, 0) is 26.7 Å². The van der Waals surface area contributed by atoms with E-state index in [1.807, 2.05) is 13.8 Å². The van der Waals surface area contributed by atoms with Gasteiger partial charge in [-0.15, -0.1) is 0 Å². The zero-order valence-corrected chi connectivity index (χ0v) is 10.3. The molecule has 0 bridgehead atoms. The lowest BCUT2D eigenvalue weighted by Gasteiger charge is -2.30. The van der Waals surface area contributed by atoms with Crippen LogP contribution in [0.4, 0.5) is 0 Å². The zero-order valence-electron chi connectivity index (χ0n) is 10.3. The first-order valence-corrected chi connectivity index (χ1v) is 6.12. The molecule has 1 rings (SSSR count). The minimum absolute atomic E-state index is 0.167. The molecule has 0 aromatic carbocycles. The van der Waals surface area contributed by atoms with Gasteiger partial charge in [0, 0.05) is 0 Å². The summed E-state index contributed by atoms with van der Waals surface area (Å²) in [6, 6.07) is 0. The number of ether oxygens (including phenoxy) is 2. The first-order valence-electron chi connectivity index (χ1n) is 6.12. The van der Waals surface area contributed by atoms with Crippen molar-refractivity contribution >= 4 is 5.97 Å². The molecule has 0 aromatic heterocycles. The Morgan fingerprint density at radius 2 is 1.88 bits per heavy atom. The van der Waals surface area contributed by atoms with Gasteiger partial charge in [0.2, 0.25) is 0 Å². The van der Waals surface area contributed by atoms with Gasteiger partial charge in [-0.25, -0.2) is 0 Å². The Morgan fingerprint density at radius 3 is 2.44 bits per heavy atom. The van der Waals surface area contributed by atoms with Gasteiger partial charge in [-0.3, -0.25) is 4.79 Å². The fourth-order valence-electron chi connectivity index (χ4n) is 1.95. The van der Waals surface area contributed by atoms with Crippen LogP contribution in [-0.2, 0) is 14.3 Å². The largest absolute Gasteiger partial charge is 0.462 e. The average molecular weight is 229 g/mol. The molecule has 0 aliphatic heterocycles. The van der Waals surface area contributed by atoms with Gasteiger partial charge in [0.05, 0.1) is 12.7 Å². The van der Waals surface area contributed by atoms with E-state index in [1.165, 1.54) is 6.42 Å². The maximum Gasteiger partial charge on any atom is 0.326 e. The van der Waals surface area contributed by atoms with Crippen molar-refractivity contribution in [3.63, 3.8) is 0 Å². The zero-order chi connectivity index (χ0) is 12.0. The second-order valence-corrected chi connectivity index (χ2v) is 4.77. The van der Waals surface area contributed by atoms with Crippen LogP contribution < -0.4 is 5.73 Å². The summed E-state index contributed by atoms with van der Waals surface area (Å²) in [4.78, 5) is 11.8. The van der Waals surface area contributed by atoms with Gasteiger partial charge in [0.1, 0.15) is 12.1 Å². The number of esters is 1. The first kappa shape index (κ1) is 13.5. The summed E-state index contributed by atoms with van der Waals surface area (Å²) in [5, 5.41) is 0. The standard InChI is InChI=1S/C12H23NO3/c1-10(2)15-8-9-16-11(14)12(13)6-4-3-5-7-12/h10H,3-9,13H2,1-2H3. The predicted octanol–water partition coefficient (Wildman–Crippen LogP) is 1.62. The van der Waals surface area contributed by atoms with Gasteiger partial charge >= 0.3 is 5.97 Å². The summed E-state index contributed by atoms with van der Waals surface area (Å²) in [7, 11) is 0. The van der Waals surface area contributed by atoms with Crippen molar-refractivity contribution in [1.29, 1.82) is 0 Å². The molecule has 16 heavy (non-hydrogen) atoms.